The predicted octanol–water partition coefficient (Wildman–Crippen LogP) is 4.33. The van der Waals surface area contributed by atoms with Gasteiger partial charge in [0.2, 0.25) is 0 Å². The molecule has 27 heavy (non-hydrogen) atoms. The minimum Gasteiger partial charge on any atom is -0.345 e. The molecule has 0 aliphatic heterocycles. The molecule has 3 N–H and O–H groups in total. The van der Waals surface area contributed by atoms with Crippen LogP contribution in [0.2, 0.25) is 0 Å². The smallest absolute Gasteiger partial charge is 0.284 e. The molecule has 3 rings (SSSR count). The first-order valence-corrected chi connectivity index (χ1v) is 9.32. The standard InChI is InChI=1S/C21H20N2O3S/c1-13-5-3-4-6-17(13)16-9-7-15(8-10-16)14(2)22-20(24)18-11-12-19(27-18)21(25)23-26/h3-12,14,26H,1-2H3,(H,22,24)(H,23,25)/t14-/m1/s1. The molecule has 0 unspecified atom stereocenters. The van der Waals surface area contributed by atoms with E-state index in [1.165, 1.54) is 17.2 Å². The third kappa shape index (κ3) is 4.24. The van der Waals surface area contributed by atoms with E-state index in [2.05, 4.69) is 36.5 Å². The Kier molecular flexibility index (Phi) is 5.69. The monoisotopic (exact) mass is 380 g/mol. The lowest BCUT2D eigenvalue weighted by molar-refractivity contribution is 0.0711. The molecule has 138 valence electrons. The fourth-order valence-electron chi connectivity index (χ4n) is 2.84. The maximum atomic E-state index is 12.4. The normalized spacial score (nSPS) is 11.7. The van der Waals surface area contributed by atoms with Gasteiger partial charge in [-0.3, -0.25) is 14.8 Å². The van der Waals surface area contributed by atoms with E-state index in [0.717, 1.165) is 22.5 Å². The van der Waals surface area contributed by atoms with Crippen LogP contribution in [0.3, 0.4) is 0 Å². The number of hydroxylamine groups is 1. The zero-order chi connectivity index (χ0) is 19.4. The quantitative estimate of drug-likeness (QED) is 0.455. The molecule has 0 fully saturated rings. The molecule has 2 aromatic carbocycles. The van der Waals surface area contributed by atoms with Crippen LogP contribution in [0, 0.1) is 6.92 Å². The molecule has 0 radical (unpaired) electrons. The Hall–Kier alpha value is -2.96. The van der Waals surface area contributed by atoms with Crippen LogP contribution < -0.4 is 10.8 Å². The molecule has 0 saturated carbocycles. The van der Waals surface area contributed by atoms with Gasteiger partial charge in [-0.05, 0) is 48.2 Å². The Bertz CT molecular complexity index is 964. The van der Waals surface area contributed by atoms with Crippen molar-refractivity contribution in [3.8, 4) is 11.1 Å². The van der Waals surface area contributed by atoms with Gasteiger partial charge in [-0.1, -0.05) is 48.5 Å². The Morgan fingerprint density at radius 3 is 2.19 bits per heavy atom. The van der Waals surface area contributed by atoms with E-state index in [0.29, 0.717) is 4.88 Å². The van der Waals surface area contributed by atoms with E-state index >= 15 is 0 Å². The molecule has 1 atom stereocenters. The van der Waals surface area contributed by atoms with E-state index in [4.69, 9.17) is 5.21 Å². The summed E-state index contributed by atoms with van der Waals surface area (Å²) in [6.45, 7) is 3.99. The van der Waals surface area contributed by atoms with Crippen molar-refractivity contribution in [3.05, 3.63) is 81.5 Å². The number of benzene rings is 2. The van der Waals surface area contributed by atoms with E-state index in [1.54, 1.807) is 11.5 Å². The van der Waals surface area contributed by atoms with Crippen LogP contribution in [0.15, 0.2) is 60.7 Å². The van der Waals surface area contributed by atoms with Gasteiger partial charge in [0.25, 0.3) is 11.8 Å². The molecule has 0 saturated heterocycles. The average Bonchev–Trinajstić information content (AvgIpc) is 3.18. The molecule has 5 nitrogen and oxygen atoms in total. The van der Waals surface area contributed by atoms with Crippen LogP contribution in [-0.2, 0) is 0 Å². The molecule has 0 aliphatic rings. The van der Waals surface area contributed by atoms with Crippen molar-refractivity contribution >= 4 is 23.2 Å². The zero-order valence-corrected chi connectivity index (χ0v) is 15.8. The van der Waals surface area contributed by atoms with Crippen molar-refractivity contribution in [1.29, 1.82) is 0 Å². The third-order valence-corrected chi connectivity index (χ3v) is 5.45. The van der Waals surface area contributed by atoms with E-state index in [-0.39, 0.29) is 16.8 Å². The van der Waals surface area contributed by atoms with Gasteiger partial charge in [0.15, 0.2) is 0 Å². The summed E-state index contributed by atoms with van der Waals surface area (Å²) in [6.07, 6.45) is 0. The summed E-state index contributed by atoms with van der Waals surface area (Å²) in [5.41, 5.74) is 6.09. The molecule has 0 spiro atoms. The summed E-state index contributed by atoms with van der Waals surface area (Å²) in [5, 5.41) is 11.6. The largest absolute Gasteiger partial charge is 0.345 e. The van der Waals surface area contributed by atoms with Crippen molar-refractivity contribution in [3.63, 3.8) is 0 Å². The van der Waals surface area contributed by atoms with Gasteiger partial charge < -0.3 is 5.32 Å². The highest BCUT2D eigenvalue weighted by molar-refractivity contribution is 7.15. The fraction of sp³-hybridized carbons (Fsp3) is 0.143. The highest BCUT2D eigenvalue weighted by Crippen LogP contribution is 2.25. The first-order chi connectivity index (χ1) is 13.0. The molecule has 1 heterocycles. The summed E-state index contributed by atoms with van der Waals surface area (Å²) in [5.74, 6) is -0.883. The lowest BCUT2D eigenvalue weighted by Gasteiger charge is -2.15. The second-order valence-electron chi connectivity index (χ2n) is 6.24. The number of carbonyl (C=O) groups excluding carboxylic acids is 2. The van der Waals surface area contributed by atoms with Crippen LogP contribution in [0.4, 0.5) is 0 Å². The van der Waals surface area contributed by atoms with E-state index in [1.807, 2.05) is 31.2 Å². The molecule has 6 heteroatoms. The van der Waals surface area contributed by atoms with Gasteiger partial charge in [0.1, 0.15) is 0 Å². The van der Waals surface area contributed by atoms with Gasteiger partial charge in [-0.2, -0.15) is 0 Å². The SMILES string of the molecule is Cc1ccccc1-c1ccc([C@@H](C)NC(=O)c2ccc(C(=O)NO)s2)cc1. The van der Waals surface area contributed by atoms with Crippen molar-refractivity contribution in [1.82, 2.24) is 10.8 Å². The van der Waals surface area contributed by atoms with E-state index in [9.17, 15) is 9.59 Å². The Labute approximate surface area is 161 Å². The first kappa shape index (κ1) is 18.8. The van der Waals surface area contributed by atoms with Crippen LogP contribution >= 0.6 is 11.3 Å². The molecular weight excluding hydrogens is 360 g/mol. The third-order valence-electron chi connectivity index (χ3n) is 4.37. The number of rotatable bonds is 5. The van der Waals surface area contributed by atoms with Gasteiger partial charge in [-0.25, -0.2) is 5.48 Å². The van der Waals surface area contributed by atoms with Gasteiger partial charge >= 0.3 is 0 Å². The highest BCUT2D eigenvalue weighted by atomic mass is 32.1. The lowest BCUT2D eigenvalue weighted by Crippen LogP contribution is -2.25. The molecule has 2 amide bonds. The summed E-state index contributed by atoms with van der Waals surface area (Å²) in [7, 11) is 0. The van der Waals surface area contributed by atoms with E-state index < -0.39 is 5.91 Å². The summed E-state index contributed by atoms with van der Waals surface area (Å²) in [4.78, 5) is 24.5. The zero-order valence-electron chi connectivity index (χ0n) is 15.0. The van der Waals surface area contributed by atoms with Crippen molar-refractivity contribution in [2.45, 2.75) is 19.9 Å². The molecular formula is C21H20N2O3S. The number of hydrogen-bond donors (Lipinski definition) is 3. The number of hydrogen-bond acceptors (Lipinski definition) is 4. The van der Waals surface area contributed by atoms with Gasteiger partial charge in [0.05, 0.1) is 15.8 Å². The summed E-state index contributed by atoms with van der Waals surface area (Å²) >= 11 is 1.03. The molecule has 0 aliphatic carbocycles. The maximum Gasteiger partial charge on any atom is 0.284 e. The van der Waals surface area contributed by atoms with Crippen molar-refractivity contribution in [2.75, 3.05) is 0 Å². The topological polar surface area (TPSA) is 78.4 Å². The van der Waals surface area contributed by atoms with Gasteiger partial charge in [-0.15, -0.1) is 11.3 Å². The Morgan fingerprint density at radius 2 is 1.56 bits per heavy atom. The number of amides is 2. The van der Waals surface area contributed by atoms with Crippen LogP contribution in [0.25, 0.3) is 11.1 Å². The lowest BCUT2D eigenvalue weighted by atomic mass is 9.98. The minimum absolute atomic E-state index is 0.180. The Morgan fingerprint density at radius 1 is 0.926 bits per heavy atom. The molecule has 3 aromatic rings. The van der Waals surface area contributed by atoms with Crippen LogP contribution in [-0.4, -0.2) is 17.0 Å². The minimum atomic E-state index is -0.626. The van der Waals surface area contributed by atoms with Crippen molar-refractivity contribution in [2.24, 2.45) is 0 Å². The predicted molar refractivity (Wildman–Crippen MR) is 106 cm³/mol. The Balaban J connectivity index is 1.70. The number of aryl methyl sites for hydroxylation is 1. The highest BCUT2D eigenvalue weighted by Gasteiger charge is 2.16. The van der Waals surface area contributed by atoms with Gasteiger partial charge in [0, 0.05) is 0 Å². The maximum absolute atomic E-state index is 12.4. The number of thiophene rings is 1. The second kappa shape index (κ2) is 8.16. The molecule has 0 bridgehead atoms. The van der Waals surface area contributed by atoms with Crippen LogP contribution in [0.1, 0.15) is 43.4 Å². The molecule has 1 aromatic heterocycles. The number of nitrogens with one attached hydrogen (secondary N) is 2. The summed E-state index contributed by atoms with van der Waals surface area (Å²) in [6, 6.07) is 19.2. The number of carbonyl (C=O) groups is 2. The average molecular weight is 380 g/mol. The summed E-state index contributed by atoms with van der Waals surface area (Å²) < 4.78 is 0. The second-order valence-corrected chi connectivity index (χ2v) is 7.32. The van der Waals surface area contributed by atoms with Crippen molar-refractivity contribution < 1.29 is 14.8 Å². The fourth-order valence-corrected chi connectivity index (χ4v) is 3.64. The van der Waals surface area contributed by atoms with Crippen LogP contribution in [0.5, 0.6) is 0 Å². The first-order valence-electron chi connectivity index (χ1n) is 8.50.